The maximum Gasteiger partial charge on any atom is 0.307 e. The molecule has 2 fully saturated rings. The number of nitrogens with one attached hydrogen (secondary N) is 1. The van der Waals surface area contributed by atoms with Crippen LogP contribution in [0, 0.1) is 17.8 Å². The Morgan fingerprint density at radius 3 is 2.48 bits per heavy atom. The van der Waals surface area contributed by atoms with Crippen LogP contribution >= 0.6 is 0 Å². The highest BCUT2D eigenvalue weighted by Gasteiger charge is 2.41. The van der Waals surface area contributed by atoms with Crippen LogP contribution in [-0.4, -0.2) is 23.6 Å². The lowest BCUT2D eigenvalue weighted by atomic mass is 9.73. The first-order chi connectivity index (χ1) is 10.1. The highest BCUT2D eigenvalue weighted by atomic mass is 16.5. The van der Waals surface area contributed by atoms with Gasteiger partial charge in [-0.3, -0.25) is 9.59 Å². The van der Waals surface area contributed by atoms with Gasteiger partial charge in [-0.15, -0.1) is 0 Å². The third kappa shape index (κ3) is 3.17. The summed E-state index contributed by atoms with van der Waals surface area (Å²) < 4.78 is 5.74. The van der Waals surface area contributed by atoms with E-state index in [2.05, 4.69) is 5.32 Å². The van der Waals surface area contributed by atoms with Gasteiger partial charge in [-0.25, -0.2) is 0 Å². The fourth-order valence-corrected chi connectivity index (χ4v) is 2.52. The number of carboxylic acids is 1. The van der Waals surface area contributed by atoms with E-state index in [4.69, 9.17) is 9.84 Å². The smallest absolute Gasteiger partial charge is 0.307 e. The van der Waals surface area contributed by atoms with Crippen LogP contribution in [0.4, 0.5) is 5.69 Å². The zero-order valence-corrected chi connectivity index (χ0v) is 11.7. The van der Waals surface area contributed by atoms with Crippen LogP contribution in [0.15, 0.2) is 24.3 Å². The van der Waals surface area contributed by atoms with E-state index in [1.807, 2.05) is 18.2 Å². The molecule has 2 N–H and O–H groups in total. The molecule has 2 aliphatic rings. The van der Waals surface area contributed by atoms with E-state index in [0.717, 1.165) is 0 Å². The lowest BCUT2D eigenvalue weighted by molar-refractivity contribution is -0.151. The summed E-state index contributed by atoms with van der Waals surface area (Å²) in [7, 11) is 0. The molecule has 0 bridgehead atoms. The Balaban J connectivity index is 1.63. The first-order valence-electron chi connectivity index (χ1n) is 7.40. The second-order valence-corrected chi connectivity index (χ2v) is 5.87. The van der Waals surface area contributed by atoms with Crippen LogP contribution < -0.4 is 10.1 Å². The number of rotatable bonds is 6. The molecule has 0 saturated heterocycles. The van der Waals surface area contributed by atoms with Gasteiger partial charge >= 0.3 is 5.97 Å². The largest absolute Gasteiger partial charge is 0.491 e. The van der Waals surface area contributed by atoms with Gasteiger partial charge in [0.25, 0.3) is 0 Å². The minimum absolute atomic E-state index is 0.226. The number of hydrogen-bond donors (Lipinski definition) is 2. The summed E-state index contributed by atoms with van der Waals surface area (Å²) in [5.74, 6) is -0.806. The van der Waals surface area contributed by atoms with Crippen LogP contribution in [0.2, 0.25) is 0 Å². The molecule has 2 aliphatic carbocycles. The Labute approximate surface area is 123 Å². The van der Waals surface area contributed by atoms with Gasteiger partial charge in [-0.05, 0) is 43.7 Å². The molecule has 1 aromatic carbocycles. The molecule has 2 unspecified atom stereocenters. The van der Waals surface area contributed by atoms with E-state index in [9.17, 15) is 9.59 Å². The van der Waals surface area contributed by atoms with Crippen molar-refractivity contribution in [2.24, 2.45) is 17.8 Å². The normalized spacial score (nSPS) is 24.0. The third-order valence-corrected chi connectivity index (χ3v) is 4.24. The van der Waals surface area contributed by atoms with Crippen molar-refractivity contribution in [3.63, 3.8) is 0 Å². The number of para-hydroxylation sites is 2. The molecule has 5 nitrogen and oxygen atoms in total. The highest BCUT2D eigenvalue weighted by molar-refractivity contribution is 5.97. The topological polar surface area (TPSA) is 75.6 Å². The van der Waals surface area contributed by atoms with Crippen molar-refractivity contribution in [3.05, 3.63) is 24.3 Å². The van der Waals surface area contributed by atoms with Gasteiger partial charge in [-0.1, -0.05) is 12.1 Å². The number of carbonyl (C=O) groups is 2. The molecule has 0 aliphatic heterocycles. The molecule has 0 spiro atoms. The van der Waals surface area contributed by atoms with Gasteiger partial charge in [0.1, 0.15) is 5.75 Å². The molecule has 0 aromatic heterocycles. The second kappa shape index (κ2) is 5.76. The van der Waals surface area contributed by atoms with Crippen molar-refractivity contribution in [2.45, 2.75) is 25.7 Å². The summed E-state index contributed by atoms with van der Waals surface area (Å²) in [4.78, 5) is 23.2. The number of carboxylic acid groups (broad SMARTS) is 1. The van der Waals surface area contributed by atoms with E-state index in [1.165, 1.54) is 12.8 Å². The SMILES string of the molecule is O=C(O)C1CCC1C(=O)Nc1ccccc1OCC1CC1. The number of carbonyl (C=O) groups excluding carboxylic acids is 1. The Morgan fingerprint density at radius 2 is 1.86 bits per heavy atom. The monoisotopic (exact) mass is 289 g/mol. The molecule has 0 radical (unpaired) electrons. The van der Waals surface area contributed by atoms with Crippen molar-refractivity contribution < 1.29 is 19.4 Å². The van der Waals surface area contributed by atoms with Gasteiger partial charge in [-0.2, -0.15) is 0 Å². The Kier molecular flexibility index (Phi) is 3.82. The molecule has 5 heteroatoms. The Hall–Kier alpha value is -2.04. The maximum absolute atomic E-state index is 12.2. The van der Waals surface area contributed by atoms with E-state index < -0.39 is 17.8 Å². The number of hydrogen-bond acceptors (Lipinski definition) is 3. The number of benzene rings is 1. The minimum atomic E-state index is -0.889. The van der Waals surface area contributed by atoms with E-state index in [-0.39, 0.29) is 5.91 Å². The molecule has 1 amide bonds. The summed E-state index contributed by atoms with van der Waals surface area (Å²) in [6.45, 7) is 0.675. The van der Waals surface area contributed by atoms with Gasteiger partial charge in [0.2, 0.25) is 5.91 Å². The van der Waals surface area contributed by atoms with E-state index >= 15 is 0 Å². The van der Waals surface area contributed by atoms with Gasteiger partial charge in [0.05, 0.1) is 24.1 Å². The molecule has 112 valence electrons. The van der Waals surface area contributed by atoms with Crippen LogP contribution in [0.1, 0.15) is 25.7 Å². The summed E-state index contributed by atoms with van der Waals surface area (Å²) in [6, 6.07) is 7.30. The highest BCUT2D eigenvalue weighted by Crippen LogP contribution is 2.36. The Bertz CT molecular complexity index is 553. The number of amides is 1. The number of anilines is 1. The van der Waals surface area contributed by atoms with Gasteiger partial charge in [0, 0.05) is 0 Å². The average Bonchev–Trinajstić information content (AvgIpc) is 3.19. The van der Waals surface area contributed by atoms with Crippen molar-refractivity contribution >= 4 is 17.6 Å². The molecular weight excluding hydrogens is 270 g/mol. The van der Waals surface area contributed by atoms with Crippen LogP contribution in [0.25, 0.3) is 0 Å². The summed E-state index contributed by atoms with van der Waals surface area (Å²) in [5, 5.41) is 11.8. The Morgan fingerprint density at radius 1 is 1.14 bits per heavy atom. The lowest BCUT2D eigenvalue weighted by Gasteiger charge is -2.32. The summed E-state index contributed by atoms with van der Waals surface area (Å²) in [5.41, 5.74) is 0.624. The molecule has 0 heterocycles. The van der Waals surface area contributed by atoms with Gasteiger partial charge < -0.3 is 15.2 Å². The quantitative estimate of drug-likeness (QED) is 0.843. The molecule has 2 saturated carbocycles. The van der Waals surface area contributed by atoms with Gasteiger partial charge in [0.15, 0.2) is 0 Å². The fraction of sp³-hybridized carbons (Fsp3) is 0.500. The average molecular weight is 289 g/mol. The van der Waals surface area contributed by atoms with Crippen molar-refractivity contribution in [2.75, 3.05) is 11.9 Å². The minimum Gasteiger partial charge on any atom is -0.491 e. The van der Waals surface area contributed by atoms with Crippen LogP contribution in [-0.2, 0) is 9.59 Å². The summed E-state index contributed by atoms with van der Waals surface area (Å²) >= 11 is 0. The zero-order chi connectivity index (χ0) is 14.8. The molecule has 1 aromatic rings. The lowest BCUT2D eigenvalue weighted by Crippen LogP contribution is -2.41. The number of aliphatic carboxylic acids is 1. The zero-order valence-electron chi connectivity index (χ0n) is 11.7. The van der Waals surface area contributed by atoms with Crippen molar-refractivity contribution in [3.8, 4) is 5.75 Å². The van der Waals surface area contributed by atoms with E-state index in [1.54, 1.807) is 6.07 Å². The molecular formula is C16H19NO4. The maximum atomic E-state index is 12.2. The summed E-state index contributed by atoms with van der Waals surface area (Å²) in [6.07, 6.45) is 3.62. The van der Waals surface area contributed by atoms with Crippen molar-refractivity contribution in [1.82, 2.24) is 0 Å². The van der Waals surface area contributed by atoms with Crippen LogP contribution in [0.3, 0.4) is 0 Å². The first kappa shape index (κ1) is 13.9. The third-order valence-electron chi connectivity index (χ3n) is 4.24. The first-order valence-corrected chi connectivity index (χ1v) is 7.40. The molecule has 3 rings (SSSR count). The predicted octanol–water partition coefficient (Wildman–Crippen LogP) is 2.52. The van der Waals surface area contributed by atoms with Crippen molar-refractivity contribution in [1.29, 1.82) is 0 Å². The van der Waals surface area contributed by atoms with Crippen LogP contribution in [0.5, 0.6) is 5.75 Å². The molecule has 2 atom stereocenters. The van der Waals surface area contributed by atoms with E-state index in [0.29, 0.717) is 36.8 Å². The number of ether oxygens (including phenoxy) is 1. The molecule has 21 heavy (non-hydrogen) atoms. The predicted molar refractivity (Wildman–Crippen MR) is 77.1 cm³/mol. The second-order valence-electron chi connectivity index (χ2n) is 5.87. The fourth-order valence-electron chi connectivity index (χ4n) is 2.52. The standard InChI is InChI=1S/C16H19NO4/c18-15(11-7-8-12(11)16(19)20)17-13-3-1-2-4-14(13)21-9-10-5-6-10/h1-4,10-12H,5-9H2,(H,17,18)(H,19,20).